The first-order chi connectivity index (χ1) is 15.2. The highest BCUT2D eigenvalue weighted by Gasteiger charge is 2.26. The highest BCUT2D eigenvalue weighted by atomic mass is 32.2. The van der Waals surface area contributed by atoms with Gasteiger partial charge in [-0.25, -0.2) is 13.7 Å². The minimum absolute atomic E-state index is 0.403. The number of carbonyl (C=O) groups excluding carboxylic acids is 1. The van der Waals surface area contributed by atoms with Crippen molar-refractivity contribution in [1.82, 2.24) is 9.62 Å². The lowest BCUT2D eigenvalue weighted by atomic mass is 9.99. The maximum absolute atomic E-state index is 13.2. The Kier molecular flexibility index (Phi) is 4.63. The van der Waals surface area contributed by atoms with Crippen LogP contribution in [-0.2, 0) is 35.6 Å². The van der Waals surface area contributed by atoms with Crippen LogP contribution >= 0.6 is 0 Å². The summed E-state index contributed by atoms with van der Waals surface area (Å²) in [5, 5.41) is 13.1. The van der Waals surface area contributed by atoms with Gasteiger partial charge in [0.05, 0.1) is 0 Å². The minimum Gasteiger partial charge on any atom is -0.307 e. The Morgan fingerprint density at radius 1 is 1.31 bits per heavy atom. The minimum atomic E-state index is -3.53. The molecule has 2 atom stereocenters. The highest BCUT2D eigenvalue weighted by Crippen LogP contribution is 2.38. The molecule has 1 aromatic rings. The van der Waals surface area contributed by atoms with Crippen molar-refractivity contribution in [3.05, 3.63) is 39.8 Å². The molecule has 29 heavy (non-hydrogen) atoms. The van der Waals surface area contributed by atoms with Crippen molar-refractivity contribution >= 4 is 21.6 Å². The zero-order valence-corrected chi connectivity index (χ0v) is 17.1. The molecule has 1 heterocycles. The molecule has 3 aliphatic rings. The molecule has 1 aliphatic heterocycles. The number of benzene rings is 1. The van der Waals surface area contributed by atoms with Crippen LogP contribution in [0.25, 0.3) is 0 Å². The molecule has 1 unspecified atom stereocenters. The summed E-state index contributed by atoms with van der Waals surface area (Å²) in [7, 11) is -3.53. The first kappa shape index (κ1) is 16.4. The van der Waals surface area contributed by atoms with E-state index in [2.05, 4.69) is 20.5 Å². The zero-order valence-electron chi connectivity index (χ0n) is 19.2. The lowest BCUT2D eigenvalue weighted by molar-refractivity contribution is 0.257. The van der Waals surface area contributed by atoms with Crippen LogP contribution in [0.2, 0.25) is 0 Å². The summed E-state index contributed by atoms with van der Waals surface area (Å²) in [5.41, 5.74) is 5.60. The molecule has 1 saturated heterocycles. The third-order valence-corrected chi connectivity index (χ3v) is 7.27. The predicted octanol–water partition coefficient (Wildman–Crippen LogP) is 3.26. The molecule has 8 heteroatoms. The smallest absolute Gasteiger partial charge is 0.307 e. The average molecular weight is 417 g/mol. The SMILES string of the molecule is [2H]C([2H])([2H])N1CCC[C@@H]1/C=C/S(=O)(=NC#N)NC(=O)Nc1c2c(cc3c1CCC3)CCC2. The number of likely N-dealkylation sites (tertiary alicyclic amines) is 1. The van der Waals surface area contributed by atoms with E-state index >= 15 is 0 Å². The van der Waals surface area contributed by atoms with E-state index in [0.29, 0.717) is 19.4 Å². The fraction of sp³-hybridized carbons (Fsp3) is 0.524. The van der Waals surface area contributed by atoms with Crippen molar-refractivity contribution in [2.24, 2.45) is 4.36 Å². The van der Waals surface area contributed by atoms with Gasteiger partial charge in [0.2, 0.25) is 6.19 Å². The fourth-order valence-corrected chi connectivity index (χ4v) is 5.58. The van der Waals surface area contributed by atoms with Crippen molar-refractivity contribution in [2.75, 3.05) is 18.8 Å². The first-order valence-corrected chi connectivity index (χ1v) is 11.6. The number of amides is 2. The number of anilines is 1. The van der Waals surface area contributed by atoms with Gasteiger partial charge in [0.1, 0.15) is 0 Å². The Bertz CT molecular complexity index is 1080. The Balaban J connectivity index is 1.54. The maximum atomic E-state index is 13.2. The quantitative estimate of drug-likeness (QED) is 0.736. The molecular weight excluding hydrogens is 386 g/mol. The topological polar surface area (TPSA) is 97.6 Å². The lowest BCUT2D eigenvalue weighted by Gasteiger charge is -2.17. The molecule has 4 rings (SSSR count). The predicted molar refractivity (Wildman–Crippen MR) is 114 cm³/mol. The van der Waals surface area contributed by atoms with E-state index in [9.17, 15) is 9.00 Å². The maximum Gasteiger partial charge on any atom is 0.331 e. The van der Waals surface area contributed by atoms with Crippen molar-refractivity contribution in [1.29, 1.82) is 5.26 Å². The summed E-state index contributed by atoms with van der Waals surface area (Å²) < 4.78 is 41.8. The Morgan fingerprint density at radius 3 is 2.69 bits per heavy atom. The van der Waals surface area contributed by atoms with Crippen LogP contribution in [-0.4, -0.2) is 34.7 Å². The summed E-state index contributed by atoms with van der Waals surface area (Å²) in [5.74, 6) is 0. The number of nitrogens with one attached hydrogen (secondary N) is 2. The second-order valence-electron chi connectivity index (χ2n) is 7.78. The molecule has 0 radical (unpaired) electrons. The second-order valence-corrected chi connectivity index (χ2v) is 9.58. The summed E-state index contributed by atoms with van der Waals surface area (Å²) in [4.78, 5) is 14.2. The van der Waals surface area contributed by atoms with Crippen LogP contribution in [0, 0.1) is 11.5 Å². The molecular formula is C21H27N5O2S. The number of hydrogen-bond acceptors (Lipinski definition) is 5. The largest absolute Gasteiger partial charge is 0.331 e. The Hall–Kier alpha value is -2.37. The number of carbonyl (C=O) groups is 1. The number of nitriles is 1. The molecule has 2 N–H and O–H groups in total. The van der Waals surface area contributed by atoms with Crippen molar-refractivity contribution in [2.45, 2.75) is 57.4 Å². The summed E-state index contributed by atoms with van der Waals surface area (Å²) in [6.07, 6.45) is 10.1. The number of aryl methyl sites for hydroxylation is 2. The van der Waals surface area contributed by atoms with Crippen LogP contribution in [0.1, 0.15) is 52.0 Å². The van der Waals surface area contributed by atoms with E-state index in [-0.39, 0.29) is 0 Å². The zero-order chi connectivity index (χ0) is 22.9. The van der Waals surface area contributed by atoms with Gasteiger partial charge in [0.15, 0.2) is 9.92 Å². The lowest BCUT2D eigenvalue weighted by Crippen LogP contribution is -2.34. The van der Waals surface area contributed by atoms with E-state index in [0.717, 1.165) is 60.7 Å². The van der Waals surface area contributed by atoms with E-state index in [1.165, 1.54) is 28.3 Å². The normalized spacial score (nSPS) is 24.7. The van der Waals surface area contributed by atoms with Crippen LogP contribution in [0.5, 0.6) is 0 Å². The van der Waals surface area contributed by atoms with Gasteiger partial charge in [0.25, 0.3) is 0 Å². The second kappa shape index (κ2) is 8.17. The van der Waals surface area contributed by atoms with Crippen LogP contribution in [0.4, 0.5) is 10.5 Å². The van der Waals surface area contributed by atoms with Gasteiger partial charge in [0, 0.05) is 21.2 Å². The number of likely N-dealkylation sites (N-methyl/N-ethyl adjacent to an activating group) is 1. The number of fused-ring (bicyclic) bond motifs is 2. The van der Waals surface area contributed by atoms with Crippen molar-refractivity contribution in [3.8, 4) is 6.19 Å². The van der Waals surface area contributed by atoms with E-state index < -0.39 is 29.0 Å². The molecule has 0 saturated carbocycles. The third kappa shape index (κ3) is 4.16. The van der Waals surface area contributed by atoms with Gasteiger partial charge in [-0.1, -0.05) is 16.5 Å². The van der Waals surface area contributed by atoms with Gasteiger partial charge in [-0.05, 0) is 87.1 Å². The molecule has 0 spiro atoms. The molecule has 0 aromatic heterocycles. The molecule has 7 nitrogen and oxygen atoms in total. The van der Waals surface area contributed by atoms with Gasteiger partial charge >= 0.3 is 6.03 Å². The Morgan fingerprint density at radius 2 is 2.03 bits per heavy atom. The summed E-state index contributed by atoms with van der Waals surface area (Å²) in [6, 6.07) is 1.11. The highest BCUT2D eigenvalue weighted by molar-refractivity contribution is 7.95. The van der Waals surface area contributed by atoms with Gasteiger partial charge in [-0.15, -0.1) is 0 Å². The Labute approximate surface area is 176 Å². The fourth-order valence-electron chi connectivity index (χ4n) is 4.58. The van der Waals surface area contributed by atoms with E-state index in [1.807, 2.05) is 0 Å². The standard InChI is InChI=1S/C21H27N5O2S/c1-26-11-4-7-17(26)10-12-29(28,23-14-22)25-21(27)24-20-18-8-2-5-15(18)13-16-6-3-9-19(16)20/h10,12-13,17H,2-9,11H2,1H3,(H2,23,24,25,27,28)/b12-10+/t17-,29?/m1/s1/i1D3. The van der Waals surface area contributed by atoms with Crippen LogP contribution in [0.15, 0.2) is 21.9 Å². The number of rotatable bonds is 4. The first-order valence-electron chi connectivity index (χ1n) is 11.6. The number of nitrogens with zero attached hydrogens (tertiary/aromatic N) is 3. The van der Waals surface area contributed by atoms with Crippen molar-refractivity contribution in [3.63, 3.8) is 0 Å². The van der Waals surface area contributed by atoms with Gasteiger partial charge < -0.3 is 5.32 Å². The van der Waals surface area contributed by atoms with Crippen molar-refractivity contribution < 1.29 is 13.1 Å². The molecule has 154 valence electrons. The number of hydrogen-bond donors (Lipinski definition) is 2. The van der Waals surface area contributed by atoms with Gasteiger partial charge in [-0.2, -0.15) is 5.26 Å². The number of urea groups is 1. The van der Waals surface area contributed by atoms with Crippen LogP contribution < -0.4 is 10.0 Å². The van der Waals surface area contributed by atoms with E-state index in [1.54, 1.807) is 0 Å². The summed E-state index contributed by atoms with van der Waals surface area (Å²) >= 11 is 0. The molecule has 2 aliphatic carbocycles. The molecule has 2 amide bonds. The molecule has 0 bridgehead atoms. The summed E-state index contributed by atoms with van der Waals surface area (Å²) in [6.45, 7) is -1.86. The molecule has 1 fully saturated rings. The average Bonchev–Trinajstić information content (AvgIpc) is 3.45. The third-order valence-electron chi connectivity index (χ3n) is 5.91. The van der Waals surface area contributed by atoms with Gasteiger partial charge in [-0.3, -0.25) is 4.90 Å². The monoisotopic (exact) mass is 416 g/mol. The van der Waals surface area contributed by atoms with Crippen LogP contribution in [0.3, 0.4) is 0 Å². The molecule has 1 aromatic carbocycles. The van der Waals surface area contributed by atoms with E-state index in [4.69, 9.17) is 9.37 Å².